The minimum Gasteiger partial charge on any atom is -0.345 e. The Labute approximate surface area is 110 Å². The summed E-state index contributed by atoms with van der Waals surface area (Å²) in [6.07, 6.45) is 1.78. The van der Waals surface area contributed by atoms with Crippen molar-refractivity contribution in [3.05, 3.63) is 41.7 Å². The van der Waals surface area contributed by atoms with Crippen LogP contribution in [0.3, 0.4) is 0 Å². The summed E-state index contributed by atoms with van der Waals surface area (Å²) in [7, 11) is 0. The highest BCUT2D eigenvalue weighted by molar-refractivity contribution is 5.91. The molecule has 1 aliphatic rings. The number of nitrogens with zero attached hydrogens (tertiary/aromatic N) is 3. The van der Waals surface area contributed by atoms with E-state index in [2.05, 4.69) is 25.9 Å². The Morgan fingerprint density at radius 1 is 1.37 bits per heavy atom. The zero-order chi connectivity index (χ0) is 13.3. The summed E-state index contributed by atoms with van der Waals surface area (Å²) in [5.74, 6) is 0.535. The summed E-state index contributed by atoms with van der Waals surface area (Å²) < 4.78 is 0. The number of rotatable bonds is 4. The second kappa shape index (κ2) is 4.46. The minimum atomic E-state index is -0.362. The molecule has 1 fully saturated rings. The van der Waals surface area contributed by atoms with Gasteiger partial charge in [-0.1, -0.05) is 35.5 Å². The van der Waals surface area contributed by atoms with Gasteiger partial charge in [-0.2, -0.15) is 5.21 Å². The highest BCUT2D eigenvalue weighted by Crippen LogP contribution is 2.48. The molecule has 1 atom stereocenters. The Kier molecular flexibility index (Phi) is 2.77. The van der Waals surface area contributed by atoms with Gasteiger partial charge in [0.25, 0.3) is 0 Å². The summed E-state index contributed by atoms with van der Waals surface area (Å²) in [6.45, 7) is 1.85. The van der Waals surface area contributed by atoms with Crippen LogP contribution >= 0.6 is 0 Å². The number of aromatic nitrogens is 4. The van der Waals surface area contributed by atoms with Gasteiger partial charge < -0.3 is 5.32 Å². The van der Waals surface area contributed by atoms with E-state index in [0.29, 0.717) is 5.82 Å². The first-order valence-electron chi connectivity index (χ1n) is 6.32. The molecule has 0 bridgehead atoms. The normalized spacial score (nSPS) is 17.7. The number of H-pyrrole nitrogens is 1. The van der Waals surface area contributed by atoms with Crippen molar-refractivity contribution >= 4 is 5.91 Å². The lowest BCUT2D eigenvalue weighted by Crippen LogP contribution is -2.36. The van der Waals surface area contributed by atoms with Gasteiger partial charge in [0.2, 0.25) is 5.91 Å². The Bertz CT molecular complexity index is 562. The molecule has 1 heterocycles. The lowest BCUT2D eigenvalue weighted by molar-refractivity contribution is -0.124. The molecular formula is C13H15N5O. The van der Waals surface area contributed by atoms with E-state index >= 15 is 0 Å². The van der Waals surface area contributed by atoms with Gasteiger partial charge in [0.15, 0.2) is 5.82 Å². The summed E-state index contributed by atoms with van der Waals surface area (Å²) in [5.41, 5.74) is 0.715. The van der Waals surface area contributed by atoms with Crippen LogP contribution in [0.25, 0.3) is 0 Å². The molecule has 0 saturated heterocycles. The van der Waals surface area contributed by atoms with Crippen molar-refractivity contribution in [3.63, 3.8) is 0 Å². The van der Waals surface area contributed by atoms with Crippen molar-refractivity contribution in [2.24, 2.45) is 0 Å². The predicted octanol–water partition coefficient (Wildman–Crippen LogP) is 1.11. The molecule has 1 aliphatic carbocycles. The van der Waals surface area contributed by atoms with E-state index in [0.717, 1.165) is 18.4 Å². The number of hydrogen-bond donors (Lipinski definition) is 2. The number of amides is 1. The molecule has 6 nitrogen and oxygen atoms in total. The highest BCUT2D eigenvalue weighted by Gasteiger charge is 2.51. The molecule has 98 valence electrons. The lowest BCUT2D eigenvalue weighted by atomic mass is 9.95. The molecule has 2 N–H and O–H groups in total. The maximum absolute atomic E-state index is 12.4. The van der Waals surface area contributed by atoms with E-state index in [1.807, 2.05) is 37.3 Å². The van der Waals surface area contributed by atoms with Gasteiger partial charge in [0.1, 0.15) is 0 Å². The zero-order valence-corrected chi connectivity index (χ0v) is 10.6. The van der Waals surface area contributed by atoms with Crippen LogP contribution in [0.5, 0.6) is 0 Å². The van der Waals surface area contributed by atoms with Crippen molar-refractivity contribution in [2.75, 3.05) is 0 Å². The summed E-state index contributed by atoms with van der Waals surface area (Å²) in [4.78, 5) is 12.4. The number of nitrogens with one attached hydrogen (secondary N) is 2. The monoisotopic (exact) mass is 257 g/mol. The molecule has 3 rings (SSSR count). The lowest BCUT2D eigenvalue weighted by Gasteiger charge is -2.18. The van der Waals surface area contributed by atoms with Crippen molar-refractivity contribution in [1.82, 2.24) is 25.9 Å². The number of carbonyl (C=O) groups is 1. The van der Waals surface area contributed by atoms with Crippen molar-refractivity contribution < 1.29 is 4.79 Å². The summed E-state index contributed by atoms with van der Waals surface area (Å²) in [5, 5.41) is 16.6. The molecule has 0 radical (unpaired) electrons. The van der Waals surface area contributed by atoms with E-state index in [9.17, 15) is 4.79 Å². The molecule has 1 amide bonds. The smallest absolute Gasteiger partial charge is 0.231 e. The van der Waals surface area contributed by atoms with Gasteiger partial charge in [-0.05, 0) is 25.3 Å². The largest absolute Gasteiger partial charge is 0.345 e. The maximum atomic E-state index is 12.4. The SMILES string of the molecule is CC(NC(=O)C1(c2ccccc2)CC1)c1nn[nH]n1. The van der Waals surface area contributed by atoms with Gasteiger partial charge in [-0.25, -0.2) is 0 Å². The first kappa shape index (κ1) is 11.8. The standard InChI is InChI=1S/C13H15N5O/c1-9(11-15-17-18-16-11)14-12(19)13(7-8-13)10-5-3-2-4-6-10/h2-6,9H,7-8H2,1H3,(H,14,19)(H,15,16,17,18). The fourth-order valence-electron chi connectivity index (χ4n) is 2.28. The molecule has 6 heteroatoms. The van der Waals surface area contributed by atoms with E-state index in [1.54, 1.807) is 0 Å². The van der Waals surface area contributed by atoms with E-state index in [4.69, 9.17) is 0 Å². The van der Waals surface area contributed by atoms with Crippen LogP contribution in [0.15, 0.2) is 30.3 Å². The Morgan fingerprint density at radius 3 is 2.68 bits per heavy atom. The molecular weight excluding hydrogens is 242 g/mol. The van der Waals surface area contributed by atoms with Gasteiger partial charge in [0, 0.05) is 0 Å². The van der Waals surface area contributed by atoms with E-state index in [-0.39, 0.29) is 17.4 Å². The van der Waals surface area contributed by atoms with E-state index < -0.39 is 0 Å². The third kappa shape index (κ3) is 2.09. The first-order chi connectivity index (χ1) is 9.22. The average Bonchev–Trinajstić information content (AvgIpc) is 3.07. The van der Waals surface area contributed by atoms with Crippen LogP contribution in [-0.2, 0) is 10.2 Å². The third-order valence-electron chi connectivity index (χ3n) is 3.61. The molecule has 2 aromatic rings. The average molecular weight is 257 g/mol. The van der Waals surface area contributed by atoms with Gasteiger partial charge >= 0.3 is 0 Å². The number of hydrogen-bond acceptors (Lipinski definition) is 4. The number of aromatic amines is 1. The van der Waals surface area contributed by atoms with Gasteiger partial charge in [0.05, 0.1) is 11.5 Å². The predicted molar refractivity (Wildman–Crippen MR) is 68.1 cm³/mol. The van der Waals surface area contributed by atoms with Crippen LogP contribution in [0.1, 0.15) is 37.2 Å². The Hall–Kier alpha value is -2.24. The molecule has 0 spiro atoms. The van der Waals surface area contributed by atoms with Crippen molar-refractivity contribution in [2.45, 2.75) is 31.2 Å². The molecule has 1 aromatic heterocycles. The van der Waals surface area contributed by atoms with Crippen LogP contribution in [0.4, 0.5) is 0 Å². The summed E-state index contributed by atoms with van der Waals surface area (Å²) in [6, 6.07) is 9.65. The van der Waals surface area contributed by atoms with Gasteiger partial charge in [-0.3, -0.25) is 4.79 Å². The van der Waals surface area contributed by atoms with E-state index in [1.165, 1.54) is 0 Å². The number of tetrazole rings is 1. The third-order valence-corrected chi connectivity index (χ3v) is 3.61. The second-order valence-corrected chi connectivity index (χ2v) is 4.91. The fraction of sp³-hybridized carbons (Fsp3) is 0.385. The van der Waals surface area contributed by atoms with Crippen LogP contribution in [-0.4, -0.2) is 26.5 Å². The fourth-order valence-corrected chi connectivity index (χ4v) is 2.28. The molecule has 19 heavy (non-hydrogen) atoms. The Balaban J connectivity index is 1.74. The topological polar surface area (TPSA) is 83.6 Å². The van der Waals surface area contributed by atoms with Crippen molar-refractivity contribution in [1.29, 1.82) is 0 Å². The van der Waals surface area contributed by atoms with Crippen LogP contribution in [0.2, 0.25) is 0 Å². The molecule has 1 aromatic carbocycles. The quantitative estimate of drug-likeness (QED) is 0.859. The van der Waals surface area contributed by atoms with Crippen molar-refractivity contribution in [3.8, 4) is 0 Å². The number of benzene rings is 1. The number of carbonyl (C=O) groups excluding carboxylic acids is 1. The van der Waals surface area contributed by atoms with Crippen LogP contribution in [0, 0.1) is 0 Å². The maximum Gasteiger partial charge on any atom is 0.231 e. The molecule has 1 unspecified atom stereocenters. The zero-order valence-electron chi connectivity index (χ0n) is 10.6. The minimum absolute atomic E-state index is 0.0380. The first-order valence-corrected chi connectivity index (χ1v) is 6.32. The van der Waals surface area contributed by atoms with Gasteiger partial charge in [-0.15, -0.1) is 10.2 Å². The summed E-state index contributed by atoms with van der Waals surface area (Å²) >= 11 is 0. The Morgan fingerprint density at radius 2 is 2.11 bits per heavy atom. The molecule has 0 aliphatic heterocycles. The highest BCUT2D eigenvalue weighted by atomic mass is 16.2. The molecule has 1 saturated carbocycles. The second-order valence-electron chi connectivity index (χ2n) is 4.91. The van der Waals surface area contributed by atoms with Crippen LogP contribution < -0.4 is 5.32 Å².